The normalized spacial score (nSPS) is 14.0. The van der Waals surface area contributed by atoms with Gasteiger partial charge in [0.1, 0.15) is 0 Å². The molecule has 0 aliphatic heterocycles. The number of hydrogen-bond donors (Lipinski definition) is 2. The van der Waals surface area contributed by atoms with Crippen molar-refractivity contribution < 1.29 is 4.79 Å². The second-order valence-corrected chi connectivity index (χ2v) is 8.95. The Labute approximate surface area is 187 Å². The fourth-order valence-corrected chi connectivity index (χ4v) is 4.71. The van der Waals surface area contributed by atoms with E-state index in [1.165, 1.54) is 35.7 Å². The molecule has 1 aliphatic carbocycles. The zero-order valence-corrected chi connectivity index (χ0v) is 18.9. The van der Waals surface area contributed by atoms with E-state index in [9.17, 15) is 4.79 Å². The molecule has 31 heavy (non-hydrogen) atoms. The molecular formula is C24H29N5OS. The fraction of sp³-hybridized carbons (Fsp3) is 0.375. The summed E-state index contributed by atoms with van der Waals surface area (Å²) in [6.45, 7) is 4.76. The van der Waals surface area contributed by atoms with Gasteiger partial charge in [-0.25, -0.2) is 0 Å². The maximum Gasteiger partial charge on any atom is 0.230 e. The van der Waals surface area contributed by atoms with Crippen LogP contribution in [0.4, 0.5) is 5.69 Å². The Morgan fingerprint density at radius 1 is 1.06 bits per heavy atom. The molecule has 0 atom stereocenters. The largest absolute Gasteiger partial charge is 0.378 e. The van der Waals surface area contributed by atoms with E-state index in [-0.39, 0.29) is 5.91 Å². The first-order valence-corrected chi connectivity index (χ1v) is 11.8. The Hall–Kier alpha value is -2.80. The lowest BCUT2D eigenvalue weighted by Crippen LogP contribution is -2.33. The van der Waals surface area contributed by atoms with Crippen LogP contribution in [0.1, 0.15) is 42.6 Å². The van der Waals surface area contributed by atoms with Crippen molar-refractivity contribution in [2.24, 2.45) is 0 Å². The standard InChI is InChI=1S/C24H29N5OS/c1-17-9-8-14-21(18(17)2)29-22(15-25-19-10-4-3-5-11-19)27-28-24(29)31-16-23(30)26-20-12-6-7-13-20/h3-5,8-11,14,20,25H,6-7,12-13,15-16H2,1-2H3,(H,26,30). The molecule has 3 aromatic rings. The summed E-state index contributed by atoms with van der Waals surface area (Å²) in [5.74, 6) is 1.22. The molecule has 0 saturated heterocycles. The van der Waals surface area contributed by atoms with Gasteiger partial charge in [-0.1, -0.05) is 54.9 Å². The number of thioether (sulfide) groups is 1. The Morgan fingerprint density at radius 2 is 1.84 bits per heavy atom. The van der Waals surface area contributed by atoms with Gasteiger partial charge in [0.2, 0.25) is 5.91 Å². The van der Waals surface area contributed by atoms with Gasteiger partial charge in [0.25, 0.3) is 0 Å². The number of aromatic nitrogens is 3. The van der Waals surface area contributed by atoms with Gasteiger partial charge in [0.15, 0.2) is 11.0 Å². The first-order valence-electron chi connectivity index (χ1n) is 10.8. The van der Waals surface area contributed by atoms with Crippen LogP contribution in [0.15, 0.2) is 53.7 Å². The minimum Gasteiger partial charge on any atom is -0.378 e. The summed E-state index contributed by atoms with van der Waals surface area (Å²) in [6, 6.07) is 16.6. The summed E-state index contributed by atoms with van der Waals surface area (Å²) in [5, 5.41) is 16.2. The molecule has 0 radical (unpaired) electrons. The Balaban J connectivity index is 1.54. The fourth-order valence-electron chi connectivity index (χ4n) is 3.93. The van der Waals surface area contributed by atoms with Gasteiger partial charge >= 0.3 is 0 Å². The van der Waals surface area contributed by atoms with Crippen LogP contribution in [0, 0.1) is 13.8 Å². The first-order chi connectivity index (χ1) is 15.1. The van der Waals surface area contributed by atoms with Crippen LogP contribution in [-0.2, 0) is 11.3 Å². The lowest BCUT2D eigenvalue weighted by molar-refractivity contribution is -0.119. The maximum absolute atomic E-state index is 12.5. The number of carbonyl (C=O) groups excluding carboxylic acids is 1. The van der Waals surface area contributed by atoms with Gasteiger partial charge in [0.05, 0.1) is 18.0 Å². The van der Waals surface area contributed by atoms with Crippen molar-refractivity contribution in [3.63, 3.8) is 0 Å². The molecule has 1 amide bonds. The van der Waals surface area contributed by atoms with Crippen molar-refractivity contribution >= 4 is 23.4 Å². The van der Waals surface area contributed by atoms with Gasteiger partial charge in [-0.05, 0) is 56.0 Å². The van der Waals surface area contributed by atoms with E-state index in [0.29, 0.717) is 18.3 Å². The third kappa shape index (κ3) is 5.28. The lowest BCUT2D eigenvalue weighted by atomic mass is 10.1. The number of carbonyl (C=O) groups is 1. The van der Waals surface area contributed by atoms with Gasteiger partial charge in [-0.2, -0.15) is 0 Å². The molecule has 0 spiro atoms. The van der Waals surface area contributed by atoms with Crippen LogP contribution < -0.4 is 10.6 Å². The van der Waals surface area contributed by atoms with Crippen molar-refractivity contribution in [3.05, 3.63) is 65.5 Å². The number of rotatable bonds is 8. The number of hydrogen-bond acceptors (Lipinski definition) is 5. The summed E-state index contributed by atoms with van der Waals surface area (Å²) in [4.78, 5) is 12.5. The molecule has 2 aromatic carbocycles. The third-order valence-corrected chi connectivity index (χ3v) is 6.72. The highest BCUT2D eigenvalue weighted by molar-refractivity contribution is 7.99. The number of nitrogens with zero attached hydrogens (tertiary/aromatic N) is 3. The summed E-state index contributed by atoms with van der Waals surface area (Å²) in [7, 11) is 0. The molecule has 1 fully saturated rings. The maximum atomic E-state index is 12.5. The molecule has 1 aromatic heterocycles. The van der Waals surface area contributed by atoms with E-state index in [4.69, 9.17) is 0 Å². The average Bonchev–Trinajstić information content (AvgIpc) is 3.43. The van der Waals surface area contributed by atoms with Gasteiger partial charge < -0.3 is 10.6 Å². The van der Waals surface area contributed by atoms with E-state index < -0.39 is 0 Å². The van der Waals surface area contributed by atoms with Crippen molar-refractivity contribution in [2.75, 3.05) is 11.1 Å². The van der Waals surface area contributed by atoms with E-state index in [0.717, 1.165) is 35.2 Å². The van der Waals surface area contributed by atoms with Gasteiger partial charge in [0, 0.05) is 11.7 Å². The Kier molecular flexibility index (Phi) is 6.92. The third-order valence-electron chi connectivity index (χ3n) is 5.79. The number of nitrogens with one attached hydrogen (secondary N) is 2. The van der Waals surface area contributed by atoms with Crippen molar-refractivity contribution in [1.29, 1.82) is 0 Å². The molecule has 1 saturated carbocycles. The molecule has 2 N–H and O–H groups in total. The number of amides is 1. The topological polar surface area (TPSA) is 71.8 Å². The molecule has 162 valence electrons. The zero-order valence-electron chi connectivity index (χ0n) is 18.1. The second-order valence-electron chi connectivity index (χ2n) is 8.01. The Bertz CT molecular complexity index is 1030. The molecule has 0 bridgehead atoms. The number of aryl methyl sites for hydroxylation is 1. The Morgan fingerprint density at radius 3 is 2.61 bits per heavy atom. The van der Waals surface area contributed by atoms with Crippen LogP contribution in [0.5, 0.6) is 0 Å². The molecule has 7 heteroatoms. The van der Waals surface area contributed by atoms with E-state index >= 15 is 0 Å². The molecular weight excluding hydrogens is 406 g/mol. The molecule has 0 unspecified atom stereocenters. The predicted octanol–water partition coefficient (Wildman–Crippen LogP) is 4.65. The van der Waals surface area contributed by atoms with Gasteiger partial charge in [-0.15, -0.1) is 10.2 Å². The lowest BCUT2D eigenvalue weighted by Gasteiger charge is -2.15. The van der Waals surface area contributed by atoms with Crippen molar-refractivity contribution in [2.45, 2.75) is 57.3 Å². The van der Waals surface area contributed by atoms with Gasteiger partial charge in [-0.3, -0.25) is 9.36 Å². The summed E-state index contributed by atoms with van der Waals surface area (Å²) >= 11 is 1.44. The van der Waals surface area contributed by atoms with E-state index in [1.807, 2.05) is 36.4 Å². The monoisotopic (exact) mass is 435 g/mol. The molecule has 4 rings (SSSR count). The highest BCUT2D eigenvalue weighted by Gasteiger charge is 2.20. The number of anilines is 1. The van der Waals surface area contributed by atoms with Crippen LogP contribution in [0.3, 0.4) is 0 Å². The quantitative estimate of drug-likeness (QED) is 0.504. The minimum absolute atomic E-state index is 0.0661. The van der Waals surface area contributed by atoms with Crippen LogP contribution >= 0.6 is 11.8 Å². The number of benzene rings is 2. The molecule has 1 heterocycles. The van der Waals surface area contributed by atoms with Crippen molar-refractivity contribution in [1.82, 2.24) is 20.1 Å². The highest BCUT2D eigenvalue weighted by atomic mass is 32.2. The smallest absolute Gasteiger partial charge is 0.230 e. The predicted molar refractivity (Wildman–Crippen MR) is 126 cm³/mol. The zero-order chi connectivity index (χ0) is 21.6. The minimum atomic E-state index is 0.0661. The molecule has 1 aliphatic rings. The highest BCUT2D eigenvalue weighted by Crippen LogP contribution is 2.26. The van der Waals surface area contributed by atoms with E-state index in [1.54, 1.807) is 0 Å². The molecule has 6 nitrogen and oxygen atoms in total. The number of para-hydroxylation sites is 1. The van der Waals surface area contributed by atoms with Crippen LogP contribution in [0.2, 0.25) is 0 Å². The van der Waals surface area contributed by atoms with Crippen LogP contribution in [0.25, 0.3) is 5.69 Å². The summed E-state index contributed by atoms with van der Waals surface area (Å²) < 4.78 is 2.08. The summed E-state index contributed by atoms with van der Waals surface area (Å²) in [5.41, 5.74) is 4.47. The SMILES string of the molecule is Cc1cccc(-n2c(CNc3ccccc3)nnc2SCC(=O)NC2CCCC2)c1C. The summed E-state index contributed by atoms with van der Waals surface area (Å²) in [6.07, 6.45) is 4.59. The first kappa shape index (κ1) is 21.4. The average molecular weight is 436 g/mol. The van der Waals surface area contributed by atoms with Crippen molar-refractivity contribution in [3.8, 4) is 5.69 Å². The van der Waals surface area contributed by atoms with Crippen LogP contribution in [-0.4, -0.2) is 32.5 Å². The second kappa shape index (κ2) is 10.0. The van der Waals surface area contributed by atoms with E-state index in [2.05, 4.69) is 51.4 Å².